The summed E-state index contributed by atoms with van der Waals surface area (Å²) >= 11 is 0. The lowest BCUT2D eigenvalue weighted by atomic mass is 10.1. The monoisotopic (exact) mass is 455 g/mol. The highest BCUT2D eigenvalue weighted by Gasteiger charge is 2.31. The van der Waals surface area contributed by atoms with E-state index >= 15 is 0 Å². The summed E-state index contributed by atoms with van der Waals surface area (Å²) < 4.78 is 38.7. The van der Waals surface area contributed by atoms with Gasteiger partial charge in [0.15, 0.2) is 11.5 Å². The number of aromatic nitrogens is 1. The van der Waals surface area contributed by atoms with Gasteiger partial charge in [-0.3, -0.25) is 4.79 Å². The van der Waals surface area contributed by atoms with E-state index < -0.39 is 10.0 Å². The molecule has 0 radical (unpaired) electrons. The Labute approximate surface area is 186 Å². The second-order valence-electron chi connectivity index (χ2n) is 8.14. The van der Waals surface area contributed by atoms with Gasteiger partial charge in [0, 0.05) is 54.4 Å². The van der Waals surface area contributed by atoms with Crippen molar-refractivity contribution in [1.29, 1.82) is 0 Å². The highest BCUT2D eigenvalue weighted by atomic mass is 32.2. The summed E-state index contributed by atoms with van der Waals surface area (Å²) in [6, 6.07) is 10.3. The zero-order valence-corrected chi connectivity index (χ0v) is 18.9. The van der Waals surface area contributed by atoms with Gasteiger partial charge >= 0.3 is 0 Å². The molecule has 2 aromatic carbocycles. The minimum atomic E-state index is -3.69. The van der Waals surface area contributed by atoms with E-state index in [1.54, 1.807) is 11.0 Å². The predicted octanol–water partition coefficient (Wildman–Crippen LogP) is 2.70. The minimum absolute atomic E-state index is 0.0819. The van der Waals surface area contributed by atoms with Crippen LogP contribution in [0.15, 0.2) is 41.3 Å². The maximum Gasteiger partial charge on any atom is 0.253 e. The standard InChI is InChI=1S/C23H25N3O5S/c1-15-16(2)24-20-5-3-17(13-19(15)20)23(27)25-7-9-26(10-8-25)32(28,29)18-4-6-21-22(14-18)31-12-11-30-21/h3-6,13-14,24H,7-12H2,1-2H3. The lowest BCUT2D eigenvalue weighted by Gasteiger charge is -2.34. The van der Waals surface area contributed by atoms with E-state index in [0.29, 0.717) is 43.4 Å². The number of H-pyrrole nitrogens is 1. The molecule has 0 atom stereocenters. The molecule has 5 rings (SSSR count). The van der Waals surface area contributed by atoms with Gasteiger partial charge in [0.2, 0.25) is 10.0 Å². The molecule has 1 saturated heterocycles. The summed E-state index contributed by atoms with van der Waals surface area (Å²) in [5.41, 5.74) is 3.84. The minimum Gasteiger partial charge on any atom is -0.486 e. The zero-order valence-electron chi connectivity index (χ0n) is 18.1. The quantitative estimate of drug-likeness (QED) is 0.656. The number of hydrogen-bond acceptors (Lipinski definition) is 5. The van der Waals surface area contributed by atoms with E-state index in [4.69, 9.17) is 9.47 Å². The Morgan fingerprint density at radius 2 is 1.66 bits per heavy atom. The number of aromatic amines is 1. The molecule has 2 aliphatic heterocycles. The van der Waals surface area contributed by atoms with E-state index in [-0.39, 0.29) is 23.9 Å². The SMILES string of the molecule is Cc1[nH]c2ccc(C(=O)N3CCN(S(=O)(=O)c4ccc5c(c4)OCCO5)CC3)cc2c1C. The van der Waals surface area contributed by atoms with Crippen LogP contribution in [0.5, 0.6) is 11.5 Å². The maximum atomic E-state index is 13.1. The van der Waals surface area contributed by atoms with Crippen LogP contribution in [0.1, 0.15) is 21.6 Å². The molecule has 1 aromatic heterocycles. The van der Waals surface area contributed by atoms with Gasteiger partial charge < -0.3 is 19.4 Å². The normalized spacial score (nSPS) is 17.0. The number of hydrogen-bond donors (Lipinski definition) is 1. The average Bonchev–Trinajstić information content (AvgIpc) is 3.11. The number of nitrogens with zero attached hydrogens (tertiary/aromatic N) is 2. The maximum absolute atomic E-state index is 13.1. The molecule has 0 saturated carbocycles. The third-order valence-corrected chi connectivity index (χ3v) is 8.13. The lowest BCUT2D eigenvalue weighted by molar-refractivity contribution is 0.0698. The molecular weight excluding hydrogens is 430 g/mol. The first kappa shape index (κ1) is 20.8. The topological polar surface area (TPSA) is 91.9 Å². The zero-order chi connectivity index (χ0) is 22.5. The Bertz CT molecular complexity index is 1310. The summed E-state index contributed by atoms with van der Waals surface area (Å²) in [6.45, 7) is 6.05. The largest absolute Gasteiger partial charge is 0.486 e. The third kappa shape index (κ3) is 3.51. The number of aryl methyl sites for hydroxylation is 2. The Kier molecular flexibility index (Phi) is 5.10. The van der Waals surface area contributed by atoms with Crippen LogP contribution in [0.25, 0.3) is 10.9 Å². The van der Waals surface area contributed by atoms with Crippen molar-refractivity contribution in [1.82, 2.24) is 14.2 Å². The van der Waals surface area contributed by atoms with Crippen molar-refractivity contribution < 1.29 is 22.7 Å². The molecule has 0 spiro atoms. The van der Waals surface area contributed by atoms with E-state index in [1.165, 1.54) is 16.4 Å². The Hall–Kier alpha value is -3.04. The highest BCUT2D eigenvalue weighted by molar-refractivity contribution is 7.89. The summed E-state index contributed by atoms with van der Waals surface area (Å²) in [4.78, 5) is 18.3. The van der Waals surface area contributed by atoms with Crippen molar-refractivity contribution in [2.45, 2.75) is 18.7 Å². The van der Waals surface area contributed by atoms with Gasteiger partial charge in [-0.2, -0.15) is 4.31 Å². The van der Waals surface area contributed by atoms with Crippen LogP contribution >= 0.6 is 0 Å². The molecule has 0 aliphatic carbocycles. The number of fused-ring (bicyclic) bond motifs is 2. The second kappa shape index (κ2) is 7.83. The second-order valence-corrected chi connectivity index (χ2v) is 10.1. The van der Waals surface area contributed by atoms with E-state index in [1.807, 2.05) is 32.0 Å². The number of sulfonamides is 1. The molecule has 8 nitrogen and oxygen atoms in total. The summed E-state index contributed by atoms with van der Waals surface area (Å²) in [5.74, 6) is 0.911. The number of nitrogens with one attached hydrogen (secondary N) is 1. The molecule has 168 valence electrons. The average molecular weight is 456 g/mol. The molecule has 2 aliphatic rings. The van der Waals surface area contributed by atoms with Gasteiger partial charge in [-0.25, -0.2) is 8.42 Å². The fourth-order valence-corrected chi connectivity index (χ4v) is 5.68. The number of benzene rings is 2. The van der Waals surface area contributed by atoms with Crippen LogP contribution in [0.4, 0.5) is 0 Å². The number of piperazine rings is 1. The summed E-state index contributed by atoms with van der Waals surface area (Å²) in [5, 5.41) is 1.04. The van der Waals surface area contributed by atoms with Crippen LogP contribution in [-0.4, -0.2) is 67.9 Å². The van der Waals surface area contributed by atoms with E-state index in [9.17, 15) is 13.2 Å². The van der Waals surface area contributed by atoms with E-state index in [2.05, 4.69) is 4.98 Å². The highest BCUT2D eigenvalue weighted by Crippen LogP contribution is 2.33. The molecular formula is C23H25N3O5S. The van der Waals surface area contributed by atoms with E-state index in [0.717, 1.165) is 22.2 Å². The Balaban J connectivity index is 1.30. The van der Waals surface area contributed by atoms with Gasteiger partial charge in [-0.15, -0.1) is 0 Å². The van der Waals surface area contributed by atoms with Crippen LogP contribution < -0.4 is 9.47 Å². The van der Waals surface area contributed by atoms with Gasteiger partial charge in [0.05, 0.1) is 4.90 Å². The number of carbonyl (C=O) groups is 1. The van der Waals surface area contributed by atoms with Gasteiger partial charge in [-0.05, 0) is 49.7 Å². The fraction of sp³-hybridized carbons (Fsp3) is 0.348. The molecule has 3 aromatic rings. The fourth-order valence-electron chi connectivity index (χ4n) is 4.24. The van der Waals surface area contributed by atoms with Crippen molar-refractivity contribution >= 4 is 26.8 Å². The van der Waals surface area contributed by atoms with Crippen molar-refractivity contribution in [2.24, 2.45) is 0 Å². The predicted molar refractivity (Wildman–Crippen MR) is 120 cm³/mol. The van der Waals surface area contributed by atoms with Crippen LogP contribution in [0, 0.1) is 13.8 Å². The molecule has 0 unspecified atom stereocenters. The van der Waals surface area contributed by atoms with Crippen molar-refractivity contribution in [3.8, 4) is 11.5 Å². The van der Waals surface area contributed by atoms with Crippen molar-refractivity contribution in [2.75, 3.05) is 39.4 Å². The number of amides is 1. The van der Waals surface area contributed by atoms with Crippen LogP contribution in [0.2, 0.25) is 0 Å². The Morgan fingerprint density at radius 1 is 0.938 bits per heavy atom. The number of rotatable bonds is 3. The molecule has 32 heavy (non-hydrogen) atoms. The molecule has 1 fully saturated rings. The first-order chi connectivity index (χ1) is 15.3. The third-order valence-electron chi connectivity index (χ3n) is 6.23. The van der Waals surface area contributed by atoms with Crippen molar-refractivity contribution in [3.05, 3.63) is 53.2 Å². The number of carbonyl (C=O) groups excluding carboxylic acids is 1. The van der Waals surface area contributed by atoms with Gasteiger partial charge in [-0.1, -0.05) is 0 Å². The lowest BCUT2D eigenvalue weighted by Crippen LogP contribution is -2.50. The molecule has 9 heteroatoms. The molecule has 1 amide bonds. The molecule has 0 bridgehead atoms. The van der Waals surface area contributed by atoms with Gasteiger partial charge in [0.1, 0.15) is 13.2 Å². The van der Waals surface area contributed by atoms with Crippen LogP contribution in [-0.2, 0) is 10.0 Å². The number of ether oxygens (including phenoxy) is 2. The molecule has 3 heterocycles. The molecule has 1 N–H and O–H groups in total. The van der Waals surface area contributed by atoms with Crippen LogP contribution in [0.3, 0.4) is 0 Å². The summed E-state index contributed by atoms with van der Waals surface area (Å²) in [6.07, 6.45) is 0. The smallest absolute Gasteiger partial charge is 0.253 e. The first-order valence-electron chi connectivity index (χ1n) is 10.6. The Morgan fingerprint density at radius 3 is 2.41 bits per heavy atom. The summed E-state index contributed by atoms with van der Waals surface area (Å²) in [7, 11) is -3.69. The van der Waals surface area contributed by atoms with Crippen molar-refractivity contribution in [3.63, 3.8) is 0 Å². The first-order valence-corrected chi connectivity index (χ1v) is 12.1. The van der Waals surface area contributed by atoms with Gasteiger partial charge in [0.25, 0.3) is 5.91 Å².